The maximum absolute atomic E-state index is 10.1. The van der Waals surface area contributed by atoms with Crippen LogP contribution in [-0.2, 0) is 49.7 Å². The van der Waals surface area contributed by atoms with E-state index in [1.165, 1.54) is 0 Å². The first-order valence-electron chi connectivity index (χ1n) is 14.8. The minimum atomic E-state index is -0.817. The van der Waals surface area contributed by atoms with Gasteiger partial charge in [-0.1, -0.05) is 95.2 Å². The molecule has 0 saturated carbocycles. The van der Waals surface area contributed by atoms with E-state index in [-0.39, 0.29) is 56.4 Å². The SMILES string of the molecule is CC(C)(C)c1cc(C=[N-])c(O)c(C(C)(C)C)c1.CC(C)(C)c1cc(C=[N-])c(O)c(C(C)(C)C)c1.O=C(O)Cc1[c-]cccc1.[Co+3]. The van der Waals surface area contributed by atoms with Crippen LogP contribution in [0.3, 0.4) is 0 Å². The fourth-order valence-electron chi connectivity index (χ4n) is 4.22. The van der Waals surface area contributed by atoms with Crippen LogP contribution in [0.2, 0.25) is 0 Å². The summed E-state index contributed by atoms with van der Waals surface area (Å²) in [6.07, 6.45) is 2.00. The topological polar surface area (TPSA) is 122 Å². The molecule has 0 spiro atoms. The average Bonchev–Trinajstić information content (AvgIpc) is 2.87. The van der Waals surface area contributed by atoms with Crippen molar-refractivity contribution in [2.75, 3.05) is 0 Å². The van der Waals surface area contributed by atoms with Crippen molar-refractivity contribution in [3.8, 4) is 11.5 Å². The quantitative estimate of drug-likeness (QED) is 0.191. The summed E-state index contributed by atoms with van der Waals surface area (Å²) in [7, 11) is 0. The summed E-state index contributed by atoms with van der Waals surface area (Å²) in [5.41, 5.74) is 5.33. The summed E-state index contributed by atoms with van der Waals surface area (Å²) in [4.78, 5) is 10.1. The molecule has 3 aromatic rings. The molecule has 45 heavy (non-hydrogen) atoms. The normalized spacial score (nSPS) is 11.6. The zero-order valence-corrected chi connectivity index (χ0v) is 30.0. The molecule has 0 bridgehead atoms. The molecule has 0 saturated heterocycles. The molecule has 0 aliphatic rings. The zero-order chi connectivity index (χ0) is 34.3. The van der Waals surface area contributed by atoms with Gasteiger partial charge in [-0.05, 0) is 56.0 Å². The predicted molar refractivity (Wildman–Crippen MR) is 185 cm³/mol. The monoisotopic (exact) mass is 658 g/mol. The maximum Gasteiger partial charge on any atom is 3.00 e. The molecule has 0 amide bonds. The van der Waals surface area contributed by atoms with E-state index < -0.39 is 5.97 Å². The maximum atomic E-state index is 10.1. The molecule has 0 aliphatic heterocycles. The Labute approximate surface area is 281 Å². The number of aromatic hydroxyl groups is 2. The van der Waals surface area contributed by atoms with Gasteiger partial charge in [0, 0.05) is 17.5 Å². The van der Waals surface area contributed by atoms with Crippen LogP contribution in [0, 0.1) is 6.07 Å². The summed E-state index contributed by atoms with van der Waals surface area (Å²) in [5.74, 6) is -0.469. The van der Waals surface area contributed by atoms with Gasteiger partial charge in [-0.2, -0.15) is 48.3 Å². The Bertz CT molecular complexity index is 1350. The molecule has 0 fully saturated rings. The fraction of sp³-hybridized carbons (Fsp3) is 0.447. The van der Waals surface area contributed by atoms with E-state index in [1.54, 1.807) is 18.2 Å². The molecule has 0 radical (unpaired) electrons. The molecular formula is C38H51CoN2O4. The number of benzene rings is 3. The van der Waals surface area contributed by atoms with Crippen LogP contribution in [0.25, 0.3) is 10.8 Å². The van der Waals surface area contributed by atoms with Crippen molar-refractivity contribution >= 4 is 18.4 Å². The number of carbonyl (C=O) groups is 1. The van der Waals surface area contributed by atoms with E-state index >= 15 is 0 Å². The second-order valence-corrected chi connectivity index (χ2v) is 15.1. The molecule has 0 aliphatic carbocycles. The van der Waals surface area contributed by atoms with Crippen molar-refractivity contribution in [1.82, 2.24) is 0 Å². The van der Waals surface area contributed by atoms with Gasteiger partial charge in [0.1, 0.15) is 11.5 Å². The van der Waals surface area contributed by atoms with E-state index in [0.717, 1.165) is 40.2 Å². The van der Waals surface area contributed by atoms with Gasteiger partial charge >= 0.3 is 22.7 Å². The van der Waals surface area contributed by atoms with Crippen LogP contribution in [0.4, 0.5) is 0 Å². The first kappa shape index (κ1) is 41.6. The van der Waals surface area contributed by atoms with E-state index in [1.807, 2.05) is 30.3 Å². The van der Waals surface area contributed by atoms with Crippen molar-refractivity contribution < 1.29 is 36.9 Å². The van der Waals surface area contributed by atoms with Crippen molar-refractivity contribution in [2.24, 2.45) is 0 Å². The number of hydrogen-bond donors (Lipinski definition) is 3. The number of hydrogen-bond acceptors (Lipinski definition) is 3. The van der Waals surface area contributed by atoms with Crippen LogP contribution >= 0.6 is 0 Å². The average molecular weight is 659 g/mol. The summed E-state index contributed by atoms with van der Waals surface area (Å²) in [6, 6.07) is 17.6. The fourth-order valence-corrected chi connectivity index (χ4v) is 4.22. The van der Waals surface area contributed by atoms with Crippen LogP contribution in [0.1, 0.15) is 122 Å². The summed E-state index contributed by atoms with van der Waals surface area (Å²) < 4.78 is 0. The number of phenolic OH excluding ortho intramolecular Hbond substituents is 2. The van der Waals surface area contributed by atoms with Gasteiger partial charge in [0.05, 0.1) is 0 Å². The molecule has 0 heterocycles. The smallest absolute Gasteiger partial charge is 0.810 e. The Balaban J connectivity index is 0.000000660. The van der Waals surface area contributed by atoms with Crippen LogP contribution < -0.4 is 0 Å². The molecule has 246 valence electrons. The molecular weight excluding hydrogens is 607 g/mol. The third-order valence-electron chi connectivity index (χ3n) is 7.02. The van der Waals surface area contributed by atoms with Crippen molar-refractivity contribution in [2.45, 2.75) is 111 Å². The minimum absolute atomic E-state index is 0. The standard InChI is InChI=1S/2C15H22NO.C8H7O2.Co/c2*1-14(2,3)11-7-10(9-16)13(17)12(8-11)15(4,5)6;9-8(10)6-7-4-2-1-3-5-7;/h2*7-9,17H,1-6H3;1-4H,6H2,(H,9,10);/q3*-1;+3. The minimum Gasteiger partial charge on any atom is -0.810 e. The van der Waals surface area contributed by atoms with Gasteiger partial charge in [-0.15, -0.1) is 0 Å². The number of phenols is 2. The van der Waals surface area contributed by atoms with Crippen LogP contribution in [-0.4, -0.2) is 33.7 Å². The molecule has 3 N–H and O–H groups in total. The molecule has 0 aromatic heterocycles. The van der Waals surface area contributed by atoms with E-state index in [0.29, 0.717) is 11.1 Å². The number of aliphatic carboxylic acids is 1. The van der Waals surface area contributed by atoms with Crippen molar-refractivity contribution in [3.63, 3.8) is 0 Å². The van der Waals surface area contributed by atoms with Gasteiger partial charge in [0.2, 0.25) is 0 Å². The Kier molecular flexibility index (Phi) is 15.0. The number of nitrogens with zero attached hydrogens (tertiary/aromatic N) is 2. The number of carboxylic acid groups (broad SMARTS) is 1. The molecule has 3 aromatic carbocycles. The van der Waals surface area contributed by atoms with E-state index in [4.69, 9.17) is 5.11 Å². The molecule has 7 heteroatoms. The molecule has 6 nitrogen and oxygen atoms in total. The Morgan fingerprint density at radius 2 is 1.07 bits per heavy atom. The summed E-state index contributed by atoms with van der Waals surface area (Å²) in [6.45, 7) is 25.0. The Morgan fingerprint density at radius 1 is 0.689 bits per heavy atom. The third kappa shape index (κ3) is 12.8. The predicted octanol–water partition coefficient (Wildman–Crippen LogP) is 9.06. The number of carboxylic acids is 1. The van der Waals surface area contributed by atoms with Crippen molar-refractivity contribution in [3.05, 3.63) is 104 Å². The summed E-state index contributed by atoms with van der Waals surface area (Å²) >= 11 is 0. The first-order valence-corrected chi connectivity index (χ1v) is 14.8. The second-order valence-electron chi connectivity index (χ2n) is 15.1. The van der Waals surface area contributed by atoms with Crippen LogP contribution in [0.15, 0.2) is 48.5 Å². The van der Waals surface area contributed by atoms with Gasteiger partial charge < -0.3 is 26.1 Å². The van der Waals surface area contributed by atoms with Gasteiger partial charge in [-0.3, -0.25) is 4.79 Å². The zero-order valence-electron chi connectivity index (χ0n) is 29.0. The molecule has 3 rings (SSSR count). The molecule has 0 unspecified atom stereocenters. The third-order valence-corrected chi connectivity index (χ3v) is 7.02. The largest absolute Gasteiger partial charge is 3.00 e. The van der Waals surface area contributed by atoms with Crippen LogP contribution in [0.5, 0.6) is 11.5 Å². The van der Waals surface area contributed by atoms with Gasteiger partial charge in [0.15, 0.2) is 0 Å². The Morgan fingerprint density at radius 3 is 1.31 bits per heavy atom. The van der Waals surface area contributed by atoms with Gasteiger partial charge in [0.25, 0.3) is 0 Å². The van der Waals surface area contributed by atoms with E-state index in [9.17, 15) is 25.8 Å². The first-order chi connectivity index (χ1) is 19.9. The van der Waals surface area contributed by atoms with Crippen molar-refractivity contribution in [1.29, 1.82) is 0 Å². The molecule has 0 atom stereocenters. The van der Waals surface area contributed by atoms with Gasteiger partial charge in [-0.25, -0.2) is 0 Å². The number of rotatable bonds is 4. The van der Waals surface area contributed by atoms with E-state index in [2.05, 4.69) is 89.2 Å². The second kappa shape index (κ2) is 16.2. The summed E-state index contributed by atoms with van der Waals surface area (Å²) in [5, 5.41) is 47.0. The Hall–Kier alpha value is -3.42.